The van der Waals surface area contributed by atoms with Crippen LogP contribution in [0, 0.1) is 0 Å². The van der Waals surface area contributed by atoms with E-state index in [4.69, 9.17) is 4.42 Å². The number of carbonyl (C=O) groups excluding carboxylic acids is 1. The van der Waals surface area contributed by atoms with E-state index in [1.165, 1.54) is 12.8 Å². The number of fused-ring (bicyclic) bond motifs is 1. The van der Waals surface area contributed by atoms with Gasteiger partial charge in [0.05, 0.1) is 5.52 Å². The lowest BCUT2D eigenvalue weighted by Crippen LogP contribution is -2.45. The van der Waals surface area contributed by atoms with Gasteiger partial charge in [0.1, 0.15) is 0 Å². The van der Waals surface area contributed by atoms with Crippen LogP contribution in [0.5, 0.6) is 0 Å². The lowest BCUT2D eigenvalue weighted by molar-refractivity contribution is 0.0606. The highest BCUT2D eigenvalue weighted by atomic mass is 16.4. The molecule has 20 heavy (non-hydrogen) atoms. The van der Waals surface area contributed by atoms with Gasteiger partial charge in [-0.2, -0.15) is 0 Å². The Balaban J connectivity index is 1.93. The normalized spacial score (nSPS) is 17.5. The van der Waals surface area contributed by atoms with Gasteiger partial charge in [0.25, 0.3) is 5.91 Å². The second-order valence-corrected chi connectivity index (χ2v) is 5.79. The van der Waals surface area contributed by atoms with Crippen LogP contribution in [0.2, 0.25) is 0 Å². The molecule has 1 aromatic carbocycles. The van der Waals surface area contributed by atoms with E-state index in [1.54, 1.807) is 18.2 Å². The standard InChI is InChI=1S/C15H18N2O3/c1-15(7-3-4-8-15)17(2)13(18)10-5-6-12-11(9-10)16-14(19)20-12/h5-6,9H,3-4,7-8H2,1-2H3,(H,16,19). The van der Waals surface area contributed by atoms with E-state index >= 15 is 0 Å². The van der Waals surface area contributed by atoms with E-state index in [0.29, 0.717) is 16.7 Å². The molecular formula is C15H18N2O3. The molecule has 5 nitrogen and oxygen atoms in total. The Labute approximate surface area is 116 Å². The number of benzene rings is 1. The third-order valence-corrected chi connectivity index (χ3v) is 4.46. The average Bonchev–Trinajstić information content (AvgIpc) is 3.02. The Morgan fingerprint density at radius 1 is 1.35 bits per heavy atom. The fraction of sp³-hybridized carbons (Fsp3) is 0.467. The van der Waals surface area contributed by atoms with Crippen LogP contribution in [0.1, 0.15) is 43.0 Å². The average molecular weight is 274 g/mol. The van der Waals surface area contributed by atoms with E-state index in [-0.39, 0.29) is 11.4 Å². The molecule has 0 unspecified atom stereocenters. The molecule has 1 aliphatic carbocycles. The van der Waals surface area contributed by atoms with E-state index in [0.717, 1.165) is 12.8 Å². The lowest BCUT2D eigenvalue weighted by Gasteiger charge is -2.35. The number of oxazole rings is 1. The van der Waals surface area contributed by atoms with Crippen molar-refractivity contribution in [2.24, 2.45) is 0 Å². The summed E-state index contributed by atoms with van der Waals surface area (Å²) in [6.45, 7) is 2.14. The molecule has 1 fully saturated rings. The van der Waals surface area contributed by atoms with Gasteiger partial charge in [0, 0.05) is 18.2 Å². The molecule has 1 N–H and O–H groups in total. The monoisotopic (exact) mass is 274 g/mol. The number of amides is 1. The third kappa shape index (κ3) is 2.03. The summed E-state index contributed by atoms with van der Waals surface area (Å²) in [4.78, 5) is 28.1. The Morgan fingerprint density at radius 2 is 2.05 bits per heavy atom. The first kappa shape index (κ1) is 13.0. The largest absolute Gasteiger partial charge is 0.417 e. The minimum absolute atomic E-state index is 0.0154. The fourth-order valence-electron chi connectivity index (χ4n) is 3.00. The molecule has 0 atom stereocenters. The number of carbonyl (C=O) groups is 1. The maximum absolute atomic E-state index is 12.6. The first-order valence-corrected chi connectivity index (χ1v) is 6.91. The smallest absolute Gasteiger partial charge is 0.408 e. The summed E-state index contributed by atoms with van der Waals surface area (Å²) < 4.78 is 4.95. The van der Waals surface area contributed by atoms with Gasteiger partial charge in [-0.05, 0) is 38.0 Å². The zero-order chi connectivity index (χ0) is 14.3. The van der Waals surface area contributed by atoms with Crippen molar-refractivity contribution in [2.45, 2.75) is 38.1 Å². The number of rotatable bonds is 2. The molecule has 2 aromatic rings. The topological polar surface area (TPSA) is 66.3 Å². The molecular weight excluding hydrogens is 256 g/mol. The van der Waals surface area contributed by atoms with Crippen LogP contribution in [0.15, 0.2) is 27.4 Å². The van der Waals surface area contributed by atoms with Gasteiger partial charge in [-0.1, -0.05) is 12.8 Å². The molecule has 3 rings (SSSR count). The van der Waals surface area contributed by atoms with Gasteiger partial charge in [0.15, 0.2) is 5.58 Å². The third-order valence-electron chi connectivity index (χ3n) is 4.46. The Morgan fingerprint density at radius 3 is 2.75 bits per heavy atom. The quantitative estimate of drug-likeness (QED) is 0.915. The van der Waals surface area contributed by atoms with E-state index < -0.39 is 5.76 Å². The number of nitrogens with zero attached hydrogens (tertiary/aromatic N) is 1. The maximum atomic E-state index is 12.6. The van der Waals surface area contributed by atoms with Crippen molar-refractivity contribution >= 4 is 17.0 Å². The number of hydrogen-bond acceptors (Lipinski definition) is 3. The minimum atomic E-state index is -0.499. The summed E-state index contributed by atoms with van der Waals surface area (Å²) in [6, 6.07) is 5.04. The zero-order valence-electron chi connectivity index (χ0n) is 11.7. The van der Waals surface area contributed by atoms with Gasteiger partial charge in [0.2, 0.25) is 0 Å². The molecule has 5 heteroatoms. The maximum Gasteiger partial charge on any atom is 0.417 e. The van der Waals surface area contributed by atoms with Gasteiger partial charge in [-0.15, -0.1) is 0 Å². The van der Waals surface area contributed by atoms with E-state index in [1.807, 2.05) is 11.9 Å². The van der Waals surface area contributed by atoms with Crippen LogP contribution in [0.3, 0.4) is 0 Å². The van der Waals surface area contributed by atoms with Crippen molar-refractivity contribution in [1.29, 1.82) is 0 Å². The number of hydrogen-bond donors (Lipinski definition) is 1. The van der Waals surface area contributed by atoms with Crippen LogP contribution in [0.4, 0.5) is 0 Å². The Hall–Kier alpha value is -2.04. The van der Waals surface area contributed by atoms with E-state index in [2.05, 4.69) is 11.9 Å². The van der Waals surface area contributed by atoms with Crippen LogP contribution in [-0.4, -0.2) is 28.4 Å². The number of aromatic nitrogens is 1. The van der Waals surface area contributed by atoms with Gasteiger partial charge >= 0.3 is 5.76 Å². The summed E-state index contributed by atoms with van der Waals surface area (Å²) in [5.74, 6) is -0.515. The molecule has 0 radical (unpaired) electrons. The second-order valence-electron chi connectivity index (χ2n) is 5.79. The second kappa shape index (κ2) is 4.51. The zero-order valence-corrected chi connectivity index (χ0v) is 11.7. The van der Waals surface area contributed by atoms with Crippen molar-refractivity contribution in [3.8, 4) is 0 Å². The predicted molar refractivity (Wildman–Crippen MR) is 75.8 cm³/mol. The summed E-state index contributed by atoms with van der Waals surface area (Å²) in [5.41, 5.74) is 1.55. The summed E-state index contributed by atoms with van der Waals surface area (Å²) in [7, 11) is 1.86. The number of H-pyrrole nitrogens is 1. The number of aromatic amines is 1. The number of nitrogens with one attached hydrogen (secondary N) is 1. The minimum Gasteiger partial charge on any atom is -0.408 e. The fourth-order valence-corrected chi connectivity index (χ4v) is 3.00. The highest BCUT2D eigenvalue weighted by Crippen LogP contribution is 2.34. The van der Waals surface area contributed by atoms with Crippen molar-refractivity contribution in [1.82, 2.24) is 9.88 Å². The van der Waals surface area contributed by atoms with Crippen LogP contribution >= 0.6 is 0 Å². The lowest BCUT2D eigenvalue weighted by atomic mass is 9.97. The van der Waals surface area contributed by atoms with Crippen LogP contribution < -0.4 is 5.76 Å². The SMILES string of the molecule is CN(C(=O)c1ccc2oc(=O)[nH]c2c1)C1(C)CCCC1. The van der Waals surface area contributed by atoms with Crippen LogP contribution in [0.25, 0.3) is 11.1 Å². The first-order valence-electron chi connectivity index (χ1n) is 6.91. The Bertz CT molecular complexity index is 707. The Kier molecular flexibility index (Phi) is 2.92. The van der Waals surface area contributed by atoms with Crippen molar-refractivity contribution in [2.75, 3.05) is 7.05 Å². The van der Waals surface area contributed by atoms with Gasteiger partial charge in [-0.25, -0.2) is 4.79 Å². The molecule has 1 heterocycles. The highest BCUT2D eigenvalue weighted by Gasteiger charge is 2.35. The first-order chi connectivity index (χ1) is 9.49. The molecule has 1 aromatic heterocycles. The molecule has 106 valence electrons. The van der Waals surface area contributed by atoms with Crippen LogP contribution in [-0.2, 0) is 0 Å². The van der Waals surface area contributed by atoms with Crippen molar-refractivity contribution in [3.05, 3.63) is 34.3 Å². The van der Waals surface area contributed by atoms with Crippen molar-refractivity contribution in [3.63, 3.8) is 0 Å². The van der Waals surface area contributed by atoms with Crippen molar-refractivity contribution < 1.29 is 9.21 Å². The molecule has 0 saturated heterocycles. The summed E-state index contributed by atoms with van der Waals surface area (Å²) >= 11 is 0. The summed E-state index contributed by atoms with van der Waals surface area (Å²) in [5, 5.41) is 0. The highest BCUT2D eigenvalue weighted by molar-refractivity contribution is 5.97. The van der Waals surface area contributed by atoms with Gasteiger partial charge < -0.3 is 9.32 Å². The molecule has 0 bridgehead atoms. The molecule has 0 aliphatic heterocycles. The predicted octanol–water partition coefficient (Wildman–Crippen LogP) is 2.53. The molecule has 1 amide bonds. The molecule has 1 saturated carbocycles. The molecule has 0 spiro atoms. The molecule has 1 aliphatic rings. The summed E-state index contributed by atoms with van der Waals surface area (Å²) in [6.07, 6.45) is 4.42. The van der Waals surface area contributed by atoms with E-state index in [9.17, 15) is 9.59 Å². The van der Waals surface area contributed by atoms with Gasteiger partial charge in [-0.3, -0.25) is 9.78 Å².